The van der Waals surface area contributed by atoms with Crippen molar-refractivity contribution in [2.45, 2.75) is 60.9 Å². The van der Waals surface area contributed by atoms with E-state index < -0.39 is 0 Å². The Labute approximate surface area is 168 Å². The molecule has 0 spiro atoms. The van der Waals surface area contributed by atoms with Crippen LogP contribution in [-0.4, -0.2) is 22.9 Å². The van der Waals surface area contributed by atoms with E-state index >= 15 is 0 Å². The molecule has 4 nitrogen and oxygen atoms in total. The van der Waals surface area contributed by atoms with E-state index in [9.17, 15) is 9.59 Å². The van der Waals surface area contributed by atoms with Crippen molar-refractivity contribution in [3.63, 3.8) is 0 Å². The fraction of sp³-hybridized carbons (Fsp3) is 0.417. The second-order valence-electron chi connectivity index (χ2n) is 8.65. The molecule has 1 atom stereocenters. The first-order chi connectivity index (χ1) is 13.0. The van der Waals surface area contributed by atoms with Crippen LogP contribution in [0.25, 0.3) is 0 Å². The first-order valence-electron chi connectivity index (χ1n) is 9.82. The average Bonchev–Trinajstić information content (AvgIpc) is 2.59. The first kappa shape index (κ1) is 21.7. The lowest BCUT2D eigenvalue weighted by Crippen LogP contribution is -2.56. The van der Waals surface area contributed by atoms with Crippen molar-refractivity contribution in [2.75, 3.05) is 0 Å². The molecule has 0 aliphatic rings. The van der Waals surface area contributed by atoms with Gasteiger partial charge in [0.2, 0.25) is 0 Å². The summed E-state index contributed by atoms with van der Waals surface area (Å²) in [5, 5.41) is 1.52. The molecule has 4 heteroatoms. The Morgan fingerprint density at radius 2 is 1.43 bits per heavy atom. The van der Waals surface area contributed by atoms with Gasteiger partial charge in [0.1, 0.15) is 0 Å². The number of rotatable bonds is 4. The van der Waals surface area contributed by atoms with Crippen molar-refractivity contribution >= 4 is 11.8 Å². The number of carbonyl (C=O) groups excluding carboxylic acids is 2. The van der Waals surface area contributed by atoms with Crippen LogP contribution in [-0.2, 0) is 0 Å². The molecule has 2 amide bonds. The lowest BCUT2D eigenvalue weighted by Gasteiger charge is -2.39. The number of hydrogen-bond acceptors (Lipinski definition) is 2. The average molecular weight is 381 g/mol. The van der Waals surface area contributed by atoms with Crippen molar-refractivity contribution < 1.29 is 9.59 Å². The quantitative estimate of drug-likeness (QED) is 0.739. The summed E-state index contributed by atoms with van der Waals surface area (Å²) in [5.74, 6) is -0.463. The number of aryl methyl sites for hydroxylation is 3. The maximum Gasteiger partial charge on any atom is 0.272 e. The predicted octanol–water partition coefficient (Wildman–Crippen LogP) is 5.22. The SMILES string of the molecule is CCC(N(NC(=O)c1ccc(C)cc1)C(=O)c1cc(C)cc(C)c1)C(C)(C)C. The van der Waals surface area contributed by atoms with E-state index in [4.69, 9.17) is 0 Å². The summed E-state index contributed by atoms with van der Waals surface area (Å²) in [7, 11) is 0. The van der Waals surface area contributed by atoms with Gasteiger partial charge >= 0.3 is 0 Å². The molecule has 0 bridgehead atoms. The number of nitrogens with one attached hydrogen (secondary N) is 1. The first-order valence-corrected chi connectivity index (χ1v) is 9.82. The topological polar surface area (TPSA) is 49.4 Å². The van der Waals surface area contributed by atoms with Crippen LogP contribution in [0.3, 0.4) is 0 Å². The highest BCUT2D eigenvalue weighted by molar-refractivity contribution is 5.99. The number of amides is 2. The van der Waals surface area contributed by atoms with Crippen LogP contribution in [0.5, 0.6) is 0 Å². The summed E-state index contributed by atoms with van der Waals surface area (Å²) in [5.41, 5.74) is 6.96. The Morgan fingerprint density at radius 3 is 1.89 bits per heavy atom. The molecule has 1 N–H and O–H groups in total. The Morgan fingerprint density at radius 1 is 0.893 bits per heavy atom. The Balaban J connectivity index is 2.42. The largest absolute Gasteiger partial charge is 0.272 e. The van der Waals surface area contributed by atoms with E-state index in [1.54, 1.807) is 12.1 Å². The molecule has 0 radical (unpaired) electrons. The number of nitrogens with zero attached hydrogens (tertiary/aromatic N) is 1. The highest BCUT2D eigenvalue weighted by Crippen LogP contribution is 2.27. The molecule has 150 valence electrons. The van der Waals surface area contributed by atoms with Gasteiger partial charge in [0.05, 0.1) is 6.04 Å². The van der Waals surface area contributed by atoms with E-state index in [1.165, 1.54) is 5.01 Å². The van der Waals surface area contributed by atoms with Crippen molar-refractivity contribution in [3.05, 3.63) is 70.3 Å². The van der Waals surface area contributed by atoms with E-state index in [0.29, 0.717) is 11.1 Å². The summed E-state index contributed by atoms with van der Waals surface area (Å²) in [6.07, 6.45) is 0.730. The molecular formula is C24H32N2O2. The standard InChI is InChI=1S/C24H32N2O2/c1-8-21(24(5,6)7)26(23(28)20-14-17(3)13-18(4)15-20)25-22(27)19-11-9-16(2)10-12-19/h9-15,21H,8H2,1-7H3,(H,25,27). The van der Waals surface area contributed by atoms with Gasteiger partial charge in [-0.25, -0.2) is 5.01 Å². The smallest absolute Gasteiger partial charge is 0.267 e. The van der Waals surface area contributed by atoms with E-state index in [0.717, 1.165) is 23.1 Å². The van der Waals surface area contributed by atoms with Gasteiger partial charge in [-0.3, -0.25) is 15.0 Å². The third-order valence-corrected chi connectivity index (χ3v) is 4.92. The number of hydrogen-bond donors (Lipinski definition) is 1. The summed E-state index contributed by atoms with van der Waals surface area (Å²) in [6.45, 7) is 14.2. The van der Waals surface area contributed by atoms with Gasteiger partial charge in [0, 0.05) is 11.1 Å². The van der Waals surface area contributed by atoms with Crippen LogP contribution in [0.1, 0.15) is 71.5 Å². The molecule has 1 unspecified atom stereocenters. The zero-order chi connectivity index (χ0) is 21.1. The zero-order valence-corrected chi connectivity index (χ0v) is 18.1. The van der Waals surface area contributed by atoms with Crippen molar-refractivity contribution in [2.24, 2.45) is 5.41 Å². The molecule has 0 fully saturated rings. The van der Waals surface area contributed by atoms with Crippen molar-refractivity contribution in [1.29, 1.82) is 0 Å². The van der Waals surface area contributed by atoms with E-state index in [1.807, 2.05) is 58.0 Å². The third kappa shape index (κ3) is 5.22. The van der Waals surface area contributed by atoms with Gasteiger partial charge in [0.25, 0.3) is 11.8 Å². The fourth-order valence-corrected chi connectivity index (χ4v) is 3.57. The van der Waals surface area contributed by atoms with Crippen molar-refractivity contribution in [1.82, 2.24) is 10.4 Å². The monoisotopic (exact) mass is 380 g/mol. The molecule has 0 saturated heterocycles. The lowest BCUT2D eigenvalue weighted by atomic mass is 9.84. The van der Waals surface area contributed by atoms with Crippen LogP contribution in [0, 0.1) is 26.2 Å². The normalized spacial score (nSPS) is 12.4. The number of benzene rings is 2. The van der Waals surface area contributed by atoms with Crippen LogP contribution in [0.2, 0.25) is 0 Å². The molecule has 0 aromatic heterocycles. The number of hydrazine groups is 1. The Kier molecular flexibility index (Phi) is 6.65. The zero-order valence-electron chi connectivity index (χ0n) is 18.1. The second kappa shape index (κ2) is 8.59. The summed E-state index contributed by atoms with van der Waals surface area (Å²) in [4.78, 5) is 26.3. The summed E-state index contributed by atoms with van der Waals surface area (Å²) < 4.78 is 0. The van der Waals surface area contributed by atoms with Crippen LogP contribution in [0.15, 0.2) is 42.5 Å². The van der Waals surface area contributed by atoms with Gasteiger partial charge < -0.3 is 0 Å². The lowest BCUT2D eigenvalue weighted by molar-refractivity contribution is 0.0285. The summed E-state index contributed by atoms with van der Waals surface area (Å²) >= 11 is 0. The minimum atomic E-state index is -0.277. The van der Waals surface area contributed by atoms with Gasteiger partial charge in [-0.15, -0.1) is 0 Å². The molecule has 0 aliphatic heterocycles. The van der Waals surface area contributed by atoms with Crippen LogP contribution in [0.4, 0.5) is 0 Å². The highest BCUT2D eigenvalue weighted by atomic mass is 16.2. The molecule has 2 aromatic carbocycles. The van der Waals surface area contributed by atoms with Gasteiger partial charge in [0.15, 0.2) is 0 Å². The molecular weight excluding hydrogens is 348 g/mol. The minimum absolute atomic E-state index is 0.143. The predicted molar refractivity (Wildman–Crippen MR) is 114 cm³/mol. The Bertz CT molecular complexity index is 828. The van der Waals surface area contributed by atoms with Crippen LogP contribution < -0.4 is 5.43 Å². The molecule has 0 saturated carbocycles. The molecule has 2 aromatic rings. The number of carbonyl (C=O) groups is 2. The summed E-state index contributed by atoms with van der Waals surface area (Å²) in [6, 6.07) is 13.0. The Hall–Kier alpha value is -2.62. The molecule has 28 heavy (non-hydrogen) atoms. The van der Waals surface area contributed by atoms with Gasteiger partial charge in [-0.1, -0.05) is 62.6 Å². The third-order valence-electron chi connectivity index (χ3n) is 4.92. The van der Waals surface area contributed by atoms with Gasteiger partial charge in [-0.2, -0.15) is 0 Å². The van der Waals surface area contributed by atoms with Crippen molar-refractivity contribution in [3.8, 4) is 0 Å². The molecule has 2 rings (SSSR count). The molecule has 0 aliphatic carbocycles. The maximum atomic E-state index is 13.4. The maximum absolute atomic E-state index is 13.4. The molecule has 0 heterocycles. The fourth-order valence-electron chi connectivity index (χ4n) is 3.57. The van der Waals surface area contributed by atoms with Gasteiger partial charge in [-0.05, 0) is 56.9 Å². The van der Waals surface area contributed by atoms with E-state index in [-0.39, 0.29) is 23.3 Å². The highest BCUT2D eigenvalue weighted by Gasteiger charge is 2.34. The second-order valence-corrected chi connectivity index (χ2v) is 8.65. The minimum Gasteiger partial charge on any atom is -0.267 e. The van der Waals surface area contributed by atoms with Crippen LogP contribution >= 0.6 is 0 Å². The van der Waals surface area contributed by atoms with E-state index in [2.05, 4.69) is 26.2 Å².